The van der Waals surface area contributed by atoms with Crippen LogP contribution in [0, 0.1) is 6.42 Å². The van der Waals surface area contributed by atoms with Crippen LogP contribution in [0.5, 0.6) is 0 Å². The van der Waals surface area contributed by atoms with E-state index in [0.717, 1.165) is 42.0 Å². The summed E-state index contributed by atoms with van der Waals surface area (Å²) in [5.74, 6) is 0. The molecule has 1 N–H and O–H groups in total. The fraction of sp³-hybridized carbons (Fsp3) is 0.304. The Morgan fingerprint density at radius 1 is 1.16 bits per heavy atom. The lowest BCUT2D eigenvalue weighted by atomic mass is 10.0. The Morgan fingerprint density at radius 2 is 2.00 bits per heavy atom. The van der Waals surface area contributed by atoms with Crippen LogP contribution in [0.25, 0.3) is 17.0 Å². The van der Waals surface area contributed by atoms with E-state index in [1.54, 1.807) is 10.9 Å². The van der Waals surface area contributed by atoms with Gasteiger partial charge in [0.05, 0.1) is 30.4 Å². The zero-order valence-corrected chi connectivity index (χ0v) is 17.5. The number of aliphatic hydroxyl groups is 1. The van der Waals surface area contributed by atoms with E-state index in [2.05, 4.69) is 22.5 Å². The van der Waals surface area contributed by atoms with Crippen molar-refractivity contribution in [2.75, 3.05) is 26.2 Å². The van der Waals surface area contributed by atoms with E-state index >= 15 is 0 Å². The van der Waals surface area contributed by atoms with Gasteiger partial charge in [0.2, 0.25) is 0 Å². The van der Waals surface area contributed by atoms with Gasteiger partial charge in [-0.3, -0.25) is 9.58 Å². The molecule has 3 aromatic rings. The summed E-state index contributed by atoms with van der Waals surface area (Å²) in [5, 5.41) is 14.4. The minimum Gasteiger partial charge on any atom is -0.395 e. The first-order valence-corrected chi connectivity index (χ1v) is 10.4. The van der Waals surface area contributed by atoms with Gasteiger partial charge in [-0.05, 0) is 54.8 Å². The van der Waals surface area contributed by atoms with Gasteiger partial charge < -0.3 is 5.11 Å². The van der Waals surface area contributed by atoms with Crippen LogP contribution in [-0.4, -0.2) is 46.0 Å². The minimum atomic E-state index is -4.48. The maximum absolute atomic E-state index is 13.4. The minimum absolute atomic E-state index is 0.000153. The van der Waals surface area contributed by atoms with Crippen molar-refractivity contribution in [1.29, 1.82) is 0 Å². The van der Waals surface area contributed by atoms with Crippen molar-refractivity contribution in [3.63, 3.8) is 0 Å². The standard InChI is InChI=1S/C23H22ClF3N3O/c24-20-5-4-18(21(12-20)23(25,26)27)15-30-22-6-3-16(11-19(22)13-28-30)10-17-2-1-7-29(14-17)8-9-31/h2-6,10-13,31H,1,7-9,14-15H2. The zero-order valence-electron chi connectivity index (χ0n) is 16.7. The van der Waals surface area contributed by atoms with Crippen LogP contribution in [-0.2, 0) is 12.7 Å². The molecule has 0 saturated carbocycles. The van der Waals surface area contributed by atoms with Crippen molar-refractivity contribution in [3.05, 3.63) is 76.3 Å². The Bertz CT molecular complexity index is 1110. The van der Waals surface area contributed by atoms with Crippen molar-refractivity contribution >= 4 is 28.6 Å². The van der Waals surface area contributed by atoms with E-state index in [1.165, 1.54) is 17.7 Å². The molecule has 1 saturated heterocycles. The largest absolute Gasteiger partial charge is 0.416 e. The molecule has 0 amide bonds. The van der Waals surface area contributed by atoms with Crippen LogP contribution < -0.4 is 0 Å². The number of likely N-dealkylation sites (tertiary alicyclic amines) is 1. The van der Waals surface area contributed by atoms with E-state index in [1.807, 2.05) is 18.2 Å². The summed E-state index contributed by atoms with van der Waals surface area (Å²) in [6, 6.07) is 9.62. The van der Waals surface area contributed by atoms with E-state index in [9.17, 15) is 13.2 Å². The number of halogens is 4. The second kappa shape index (κ2) is 9.02. The van der Waals surface area contributed by atoms with Crippen LogP contribution in [0.15, 0.2) is 48.2 Å². The molecule has 1 aliphatic heterocycles. The first-order chi connectivity index (χ1) is 14.8. The Balaban J connectivity index is 1.59. The van der Waals surface area contributed by atoms with Crippen molar-refractivity contribution in [1.82, 2.24) is 14.7 Å². The number of nitrogens with zero attached hydrogens (tertiary/aromatic N) is 3. The topological polar surface area (TPSA) is 41.3 Å². The number of aromatic nitrogens is 2. The summed E-state index contributed by atoms with van der Waals surface area (Å²) in [4.78, 5) is 2.20. The Hall–Kier alpha value is -2.35. The zero-order chi connectivity index (χ0) is 22.0. The molecule has 4 nitrogen and oxygen atoms in total. The number of aliphatic hydroxyl groups excluding tert-OH is 1. The molecule has 163 valence electrons. The van der Waals surface area contributed by atoms with Gasteiger partial charge in [-0.15, -0.1) is 0 Å². The summed E-state index contributed by atoms with van der Waals surface area (Å²) in [5.41, 5.74) is 2.33. The number of hydrogen-bond donors (Lipinski definition) is 1. The highest BCUT2D eigenvalue weighted by Crippen LogP contribution is 2.34. The summed E-state index contributed by atoms with van der Waals surface area (Å²) in [6.07, 6.45) is 2.42. The van der Waals surface area contributed by atoms with Crippen LogP contribution in [0.3, 0.4) is 0 Å². The lowest BCUT2D eigenvalue weighted by Gasteiger charge is -2.27. The highest BCUT2D eigenvalue weighted by atomic mass is 35.5. The van der Waals surface area contributed by atoms with Crippen LogP contribution in [0.4, 0.5) is 13.2 Å². The predicted octanol–water partition coefficient (Wildman–Crippen LogP) is 5.04. The molecule has 4 rings (SSSR count). The molecule has 2 heterocycles. The second-order valence-electron chi connectivity index (χ2n) is 7.63. The summed E-state index contributed by atoms with van der Waals surface area (Å²) >= 11 is 5.78. The quantitative estimate of drug-likeness (QED) is 0.594. The monoisotopic (exact) mass is 448 g/mol. The van der Waals surface area contributed by atoms with Gasteiger partial charge in [0.1, 0.15) is 0 Å². The van der Waals surface area contributed by atoms with E-state index in [0.29, 0.717) is 6.54 Å². The highest BCUT2D eigenvalue weighted by Gasteiger charge is 2.33. The van der Waals surface area contributed by atoms with Crippen LogP contribution in [0.2, 0.25) is 5.02 Å². The number of piperidine rings is 1. The van der Waals surface area contributed by atoms with Crippen molar-refractivity contribution in [2.45, 2.75) is 19.1 Å². The van der Waals surface area contributed by atoms with Crippen molar-refractivity contribution in [2.24, 2.45) is 0 Å². The second-order valence-corrected chi connectivity index (χ2v) is 8.07. The van der Waals surface area contributed by atoms with Gasteiger partial charge in [-0.25, -0.2) is 0 Å². The molecular weight excluding hydrogens is 427 g/mol. The molecule has 0 aliphatic carbocycles. The van der Waals surface area contributed by atoms with Gasteiger partial charge in [0.25, 0.3) is 0 Å². The molecule has 8 heteroatoms. The number of β-amino-alcohol motifs (C(OH)–C–C–N with tert-alkyl or cyclic N) is 1. The SMILES string of the molecule is OCCN1CC[CH]C(=Cc2ccc3c(cnn3Cc3ccc(Cl)cc3C(F)(F)F)c2)C1. The van der Waals surface area contributed by atoms with Crippen molar-refractivity contribution < 1.29 is 18.3 Å². The average Bonchev–Trinajstić information content (AvgIpc) is 3.11. The molecule has 1 aromatic heterocycles. The number of benzene rings is 2. The molecule has 0 bridgehead atoms. The maximum Gasteiger partial charge on any atom is 0.416 e. The first kappa shape index (κ1) is 21.9. The molecule has 31 heavy (non-hydrogen) atoms. The van der Waals surface area contributed by atoms with Gasteiger partial charge >= 0.3 is 6.18 Å². The summed E-state index contributed by atoms with van der Waals surface area (Å²) in [6.45, 7) is 2.52. The number of hydrogen-bond acceptors (Lipinski definition) is 3. The van der Waals surface area contributed by atoms with E-state index < -0.39 is 11.7 Å². The molecule has 0 atom stereocenters. The van der Waals surface area contributed by atoms with Gasteiger partial charge in [-0.2, -0.15) is 18.3 Å². The summed E-state index contributed by atoms with van der Waals surface area (Å²) < 4.78 is 41.8. The highest BCUT2D eigenvalue weighted by molar-refractivity contribution is 6.30. The number of rotatable bonds is 5. The lowest BCUT2D eigenvalue weighted by Crippen LogP contribution is -2.33. The normalized spacial score (nSPS) is 17.0. The van der Waals surface area contributed by atoms with Crippen LogP contribution in [0.1, 0.15) is 23.1 Å². The molecule has 0 spiro atoms. The third-order valence-corrected chi connectivity index (χ3v) is 5.62. The molecule has 2 aromatic carbocycles. The Kier molecular flexibility index (Phi) is 6.36. The summed E-state index contributed by atoms with van der Waals surface area (Å²) in [7, 11) is 0. The Labute approximate surface area is 183 Å². The smallest absolute Gasteiger partial charge is 0.395 e. The third-order valence-electron chi connectivity index (χ3n) is 5.39. The fourth-order valence-corrected chi connectivity index (χ4v) is 4.09. The van der Waals surface area contributed by atoms with Crippen molar-refractivity contribution in [3.8, 4) is 0 Å². The Morgan fingerprint density at radius 3 is 2.77 bits per heavy atom. The van der Waals surface area contributed by atoms with E-state index in [-0.39, 0.29) is 23.7 Å². The predicted molar refractivity (Wildman–Crippen MR) is 116 cm³/mol. The van der Waals surface area contributed by atoms with E-state index in [4.69, 9.17) is 16.7 Å². The molecule has 1 radical (unpaired) electrons. The fourth-order valence-electron chi connectivity index (χ4n) is 3.92. The maximum atomic E-state index is 13.4. The average molecular weight is 449 g/mol. The van der Waals surface area contributed by atoms with Gasteiger partial charge in [0, 0.05) is 23.5 Å². The van der Waals surface area contributed by atoms with Crippen LogP contribution >= 0.6 is 11.6 Å². The molecule has 1 fully saturated rings. The number of fused-ring (bicyclic) bond motifs is 1. The molecule has 1 aliphatic rings. The van der Waals surface area contributed by atoms with Gasteiger partial charge in [-0.1, -0.05) is 35.4 Å². The molecule has 0 unspecified atom stereocenters. The number of alkyl halides is 3. The molecular formula is C23H22ClF3N3O. The lowest BCUT2D eigenvalue weighted by molar-refractivity contribution is -0.138. The third kappa shape index (κ3) is 5.11. The first-order valence-electron chi connectivity index (χ1n) is 10.0. The van der Waals surface area contributed by atoms with Gasteiger partial charge in [0.15, 0.2) is 0 Å².